The first kappa shape index (κ1) is 15.0. The second-order valence-electron chi connectivity index (χ2n) is 4.41. The van der Waals surface area contributed by atoms with Crippen LogP contribution in [-0.4, -0.2) is 52.7 Å². The Morgan fingerprint density at radius 1 is 1.70 bits per heavy atom. The third-order valence-corrected chi connectivity index (χ3v) is 3.89. The normalized spacial score (nSPS) is 14.9. The lowest BCUT2D eigenvalue weighted by Gasteiger charge is -2.10. The molecule has 0 spiro atoms. The van der Waals surface area contributed by atoms with Crippen molar-refractivity contribution in [3.8, 4) is 0 Å². The minimum Gasteiger partial charge on any atom is -0.391 e. The molecule has 2 rings (SSSR count). The third kappa shape index (κ3) is 3.38. The first-order valence-corrected chi connectivity index (χ1v) is 7.30. The molecule has 7 nitrogen and oxygen atoms in total. The molecular weight excluding hydrogens is 282 g/mol. The van der Waals surface area contributed by atoms with E-state index in [0.717, 1.165) is 5.75 Å². The molecule has 1 aliphatic heterocycles. The molecule has 0 radical (unpaired) electrons. The highest BCUT2D eigenvalue weighted by Gasteiger charge is 2.19. The van der Waals surface area contributed by atoms with Crippen LogP contribution in [0.2, 0.25) is 0 Å². The molecule has 2 N–H and O–H groups in total. The van der Waals surface area contributed by atoms with Gasteiger partial charge >= 0.3 is 0 Å². The summed E-state index contributed by atoms with van der Waals surface area (Å²) in [6, 6.07) is 0. The molecule has 0 aliphatic carbocycles. The minimum atomic E-state index is -0.629. The van der Waals surface area contributed by atoms with Crippen LogP contribution in [0.5, 0.6) is 0 Å². The summed E-state index contributed by atoms with van der Waals surface area (Å²) in [5.41, 5.74) is -0.271. The monoisotopic (exact) mass is 299 g/mol. The van der Waals surface area contributed by atoms with Gasteiger partial charge in [0.25, 0.3) is 11.5 Å². The van der Waals surface area contributed by atoms with E-state index >= 15 is 0 Å². The second-order valence-corrected chi connectivity index (χ2v) is 5.48. The lowest BCUT2D eigenvalue weighted by Crippen LogP contribution is -2.35. The van der Waals surface area contributed by atoms with Crippen LogP contribution in [0.1, 0.15) is 16.8 Å². The van der Waals surface area contributed by atoms with Crippen LogP contribution < -0.4 is 10.9 Å². The number of aliphatic hydroxyl groups excluding tert-OH is 1. The maximum atomic E-state index is 12.1. The summed E-state index contributed by atoms with van der Waals surface area (Å²) in [5.74, 6) is 0.343. The summed E-state index contributed by atoms with van der Waals surface area (Å²) < 4.78 is 6.30. The lowest BCUT2D eigenvalue weighted by molar-refractivity contribution is 0.0587. The zero-order valence-electron chi connectivity index (χ0n) is 11.2. The molecule has 1 amide bonds. The highest BCUT2D eigenvalue weighted by Crippen LogP contribution is 2.20. The molecule has 0 saturated heterocycles. The molecule has 1 aromatic rings. The van der Waals surface area contributed by atoms with Crippen LogP contribution in [0.3, 0.4) is 0 Å². The van der Waals surface area contributed by atoms with Crippen molar-refractivity contribution in [2.75, 3.05) is 26.0 Å². The van der Waals surface area contributed by atoms with Gasteiger partial charge in [0, 0.05) is 32.1 Å². The van der Waals surface area contributed by atoms with Gasteiger partial charge in [-0.15, -0.1) is 0 Å². The van der Waals surface area contributed by atoms with Crippen LogP contribution in [0.4, 0.5) is 0 Å². The number of carbonyl (C=O) groups excluding carboxylic acids is 1. The average Bonchev–Trinajstić information content (AvgIpc) is 2.88. The van der Waals surface area contributed by atoms with Crippen LogP contribution >= 0.6 is 11.8 Å². The van der Waals surface area contributed by atoms with E-state index in [0.29, 0.717) is 18.1 Å². The minimum absolute atomic E-state index is 0.0393. The number of nitrogens with zero attached hydrogens (tertiary/aromatic N) is 2. The maximum absolute atomic E-state index is 12.1. The number of amides is 1. The van der Waals surface area contributed by atoms with Gasteiger partial charge in [-0.05, 0) is 6.42 Å². The fourth-order valence-electron chi connectivity index (χ4n) is 1.90. The average molecular weight is 299 g/mol. The third-order valence-electron chi connectivity index (χ3n) is 2.92. The molecule has 1 aromatic heterocycles. The molecule has 8 heteroatoms. The van der Waals surface area contributed by atoms with Crippen molar-refractivity contribution in [2.45, 2.75) is 24.2 Å². The predicted molar refractivity (Wildman–Crippen MR) is 74.1 cm³/mol. The van der Waals surface area contributed by atoms with E-state index in [-0.39, 0.29) is 24.3 Å². The van der Waals surface area contributed by atoms with Crippen molar-refractivity contribution in [3.05, 3.63) is 22.1 Å². The summed E-state index contributed by atoms with van der Waals surface area (Å²) in [5, 5.41) is 12.7. The van der Waals surface area contributed by atoms with E-state index in [2.05, 4.69) is 10.3 Å². The van der Waals surface area contributed by atoms with Crippen LogP contribution in [-0.2, 0) is 11.3 Å². The fraction of sp³-hybridized carbons (Fsp3) is 0.583. The Morgan fingerprint density at radius 3 is 3.25 bits per heavy atom. The molecule has 2 heterocycles. The first-order valence-electron chi connectivity index (χ1n) is 6.31. The molecule has 1 unspecified atom stereocenters. The smallest absolute Gasteiger partial charge is 0.267 e. The van der Waals surface area contributed by atoms with Crippen molar-refractivity contribution in [2.24, 2.45) is 0 Å². The Labute approximate surface area is 120 Å². The van der Waals surface area contributed by atoms with E-state index < -0.39 is 12.0 Å². The van der Waals surface area contributed by atoms with Gasteiger partial charge < -0.3 is 15.2 Å². The zero-order valence-corrected chi connectivity index (χ0v) is 12.0. The van der Waals surface area contributed by atoms with Crippen molar-refractivity contribution in [3.63, 3.8) is 0 Å². The molecule has 110 valence electrons. The van der Waals surface area contributed by atoms with E-state index in [1.54, 1.807) is 0 Å². The fourth-order valence-corrected chi connectivity index (χ4v) is 2.81. The molecule has 0 aromatic carbocycles. The van der Waals surface area contributed by atoms with Gasteiger partial charge in [-0.25, -0.2) is 4.98 Å². The SMILES string of the molecule is COCC(O)CCNC(=O)c1cnc2n(c1=O)CCS2. The van der Waals surface area contributed by atoms with E-state index in [1.807, 2.05) is 0 Å². The summed E-state index contributed by atoms with van der Waals surface area (Å²) in [6.07, 6.45) is 1.05. The lowest BCUT2D eigenvalue weighted by atomic mass is 10.2. The van der Waals surface area contributed by atoms with Gasteiger partial charge in [0.2, 0.25) is 0 Å². The Hall–Kier alpha value is -1.38. The molecule has 20 heavy (non-hydrogen) atoms. The predicted octanol–water partition coefficient (Wildman–Crippen LogP) is -0.524. The number of fused-ring (bicyclic) bond motifs is 1. The molecule has 0 bridgehead atoms. The Bertz CT molecular complexity index is 546. The molecular formula is C12H17N3O4S. The number of nitrogens with one attached hydrogen (secondary N) is 1. The summed E-state index contributed by atoms with van der Waals surface area (Å²) in [6.45, 7) is 1.08. The molecule has 1 aliphatic rings. The number of aromatic nitrogens is 2. The number of thioether (sulfide) groups is 1. The van der Waals surface area contributed by atoms with Gasteiger partial charge in [0.05, 0.1) is 12.7 Å². The highest BCUT2D eigenvalue weighted by atomic mass is 32.2. The van der Waals surface area contributed by atoms with E-state index in [1.165, 1.54) is 29.6 Å². The van der Waals surface area contributed by atoms with Gasteiger partial charge in [0.15, 0.2) is 5.16 Å². The van der Waals surface area contributed by atoms with E-state index in [4.69, 9.17) is 4.74 Å². The second kappa shape index (κ2) is 6.87. The Balaban J connectivity index is 1.95. The molecule has 0 fully saturated rings. The Kier molecular flexibility index (Phi) is 5.16. The number of hydrogen-bond donors (Lipinski definition) is 2. The van der Waals surface area contributed by atoms with E-state index in [9.17, 15) is 14.7 Å². The van der Waals surface area contributed by atoms with Crippen molar-refractivity contribution < 1.29 is 14.6 Å². The van der Waals surface area contributed by atoms with Crippen molar-refractivity contribution in [1.82, 2.24) is 14.9 Å². The number of aliphatic hydroxyl groups is 1. The van der Waals surface area contributed by atoms with Crippen LogP contribution in [0.25, 0.3) is 0 Å². The number of rotatable bonds is 6. The van der Waals surface area contributed by atoms with Crippen LogP contribution in [0.15, 0.2) is 16.1 Å². The van der Waals surface area contributed by atoms with Crippen molar-refractivity contribution >= 4 is 17.7 Å². The summed E-state index contributed by atoms with van der Waals surface area (Å²) >= 11 is 1.50. The number of carbonyl (C=O) groups is 1. The number of methoxy groups -OCH3 is 1. The number of hydrogen-bond acceptors (Lipinski definition) is 6. The number of ether oxygens (including phenoxy) is 1. The Morgan fingerprint density at radius 2 is 2.50 bits per heavy atom. The molecule has 1 atom stereocenters. The molecule has 0 saturated carbocycles. The van der Waals surface area contributed by atoms with Gasteiger partial charge in [-0.3, -0.25) is 14.2 Å². The summed E-state index contributed by atoms with van der Waals surface area (Å²) in [4.78, 5) is 28.1. The summed E-state index contributed by atoms with van der Waals surface area (Å²) in [7, 11) is 1.50. The van der Waals surface area contributed by atoms with Crippen LogP contribution in [0, 0.1) is 0 Å². The largest absolute Gasteiger partial charge is 0.391 e. The maximum Gasteiger partial charge on any atom is 0.267 e. The highest BCUT2D eigenvalue weighted by molar-refractivity contribution is 7.99. The van der Waals surface area contributed by atoms with Gasteiger partial charge in [0.1, 0.15) is 5.56 Å². The van der Waals surface area contributed by atoms with Gasteiger partial charge in [-0.2, -0.15) is 0 Å². The standard InChI is InChI=1S/C12H17N3O4S/c1-19-7-8(16)2-3-13-10(17)9-6-14-12-15(11(9)18)4-5-20-12/h6,8,16H,2-5,7H2,1H3,(H,13,17). The quantitative estimate of drug-likeness (QED) is 0.686. The zero-order chi connectivity index (χ0) is 14.5. The topological polar surface area (TPSA) is 93.4 Å². The van der Waals surface area contributed by atoms with Gasteiger partial charge in [-0.1, -0.05) is 11.8 Å². The van der Waals surface area contributed by atoms with Crippen molar-refractivity contribution in [1.29, 1.82) is 0 Å². The first-order chi connectivity index (χ1) is 9.63.